The molecule has 0 heterocycles. The number of anilines is 1. The fourth-order valence-corrected chi connectivity index (χ4v) is 4.98. The molecule has 3 rings (SSSR count). The Morgan fingerprint density at radius 2 is 1.58 bits per heavy atom. The second kappa shape index (κ2) is 11.2. The lowest BCUT2D eigenvalue weighted by Crippen LogP contribution is -2.37. The van der Waals surface area contributed by atoms with Crippen molar-refractivity contribution in [3.05, 3.63) is 87.4 Å². The van der Waals surface area contributed by atoms with E-state index in [-0.39, 0.29) is 32.2 Å². The van der Waals surface area contributed by atoms with Crippen molar-refractivity contribution >= 4 is 56.4 Å². The van der Waals surface area contributed by atoms with Crippen LogP contribution in [0.5, 0.6) is 5.75 Å². The minimum Gasteiger partial charge on any atom is -0.494 e. The van der Waals surface area contributed by atoms with E-state index in [2.05, 4.69) is 5.32 Å². The molecule has 174 valence electrons. The molecule has 0 atom stereocenters. The average molecular weight is 528 g/mol. The largest absolute Gasteiger partial charge is 0.494 e. The number of amides is 1. The Balaban J connectivity index is 1.87. The molecule has 3 aromatic carbocycles. The van der Waals surface area contributed by atoms with Crippen LogP contribution in [0.1, 0.15) is 12.5 Å². The summed E-state index contributed by atoms with van der Waals surface area (Å²) in [5, 5.41) is 3.23. The summed E-state index contributed by atoms with van der Waals surface area (Å²) >= 11 is 18.1. The molecule has 0 aliphatic rings. The standard InChI is InChI=1S/C23H21Cl3N2O4S/c1-2-32-17-8-10-18(11-9-17)33(30,31)28(14-16-6-4-3-5-7-16)15-23(29)27-22-13-20(25)19(24)12-21(22)26/h3-13H,2,14-15H2,1H3,(H,27,29). The third-order valence-corrected chi connectivity index (χ3v) is 7.42. The van der Waals surface area contributed by atoms with Crippen molar-refractivity contribution in [2.45, 2.75) is 18.4 Å². The van der Waals surface area contributed by atoms with Gasteiger partial charge in [0.05, 0.1) is 38.8 Å². The highest BCUT2D eigenvalue weighted by atomic mass is 35.5. The van der Waals surface area contributed by atoms with Gasteiger partial charge < -0.3 is 10.1 Å². The molecule has 1 amide bonds. The Hall–Kier alpha value is -2.29. The van der Waals surface area contributed by atoms with E-state index < -0.39 is 22.5 Å². The van der Waals surface area contributed by atoms with E-state index in [1.807, 2.05) is 13.0 Å². The van der Waals surface area contributed by atoms with Gasteiger partial charge in [0.15, 0.2) is 0 Å². The molecule has 33 heavy (non-hydrogen) atoms. The minimum atomic E-state index is -4.01. The van der Waals surface area contributed by atoms with Gasteiger partial charge in [-0.15, -0.1) is 0 Å². The number of hydrogen-bond donors (Lipinski definition) is 1. The molecular formula is C23H21Cl3N2O4S. The van der Waals surface area contributed by atoms with Gasteiger partial charge in [0.2, 0.25) is 15.9 Å². The van der Waals surface area contributed by atoms with E-state index in [0.29, 0.717) is 12.4 Å². The summed E-state index contributed by atoms with van der Waals surface area (Å²) in [6, 6.07) is 17.9. The van der Waals surface area contributed by atoms with Crippen molar-refractivity contribution < 1.29 is 17.9 Å². The van der Waals surface area contributed by atoms with E-state index in [4.69, 9.17) is 39.5 Å². The first-order valence-corrected chi connectivity index (χ1v) is 12.5. The maximum Gasteiger partial charge on any atom is 0.243 e. The first kappa shape index (κ1) is 25.3. The molecule has 0 aromatic heterocycles. The number of ether oxygens (including phenoxy) is 1. The predicted molar refractivity (Wildman–Crippen MR) is 132 cm³/mol. The van der Waals surface area contributed by atoms with Crippen LogP contribution in [0.3, 0.4) is 0 Å². The van der Waals surface area contributed by atoms with E-state index >= 15 is 0 Å². The zero-order valence-electron chi connectivity index (χ0n) is 17.6. The normalized spacial score (nSPS) is 11.4. The lowest BCUT2D eigenvalue weighted by Gasteiger charge is -2.22. The minimum absolute atomic E-state index is 0.00108. The van der Waals surface area contributed by atoms with Crippen molar-refractivity contribution in [1.82, 2.24) is 4.31 Å². The number of carbonyl (C=O) groups is 1. The van der Waals surface area contributed by atoms with Crippen LogP contribution in [0, 0.1) is 0 Å². The Morgan fingerprint density at radius 1 is 0.939 bits per heavy atom. The number of carbonyl (C=O) groups excluding carboxylic acids is 1. The van der Waals surface area contributed by atoms with Crippen LogP contribution >= 0.6 is 34.8 Å². The number of hydrogen-bond acceptors (Lipinski definition) is 4. The van der Waals surface area contributed by atoms with Gasteiger partial charge in [-0.2, -0.15) is 4.31 Å². The van der Waals surface area contributed by atoms with Gasteiger partial charge in [0.25, 0.3) is 0 Å². The lowest BCUT2D eigenvalue weighted by atomic mass is 10.2. The third kappa shape index (κ3) is 6.62. The van der Waals surface area contributed by atoms with Crippen molar-refractivity contribution in [2.24, 2.45) is 0 Å². The van der Waals surface area contributed by atoms with Gasteiger partial charge in [0, 0.05) is 6.54 Å². The molecular weight excluding hydrogens is 507 g/mol. The van der Waals surface area contributed by atoms with Gasteiger partial charge in [-0.1, -0.05) is 65.1 Å². The van der Waals surface area contributed by atoms with Crippen LogP contribution in [-0.2, 0) is 21.4 Å². The van der Waals surface area contributed by atoms with Crippen LogP contribution in [0.15, 0.2) is 71.6 Å². The van der Waals surface area contributed by atoms with Crippen LogP contribution in [0.4, 0.5) is 5.69 Å². The van der Waals surface area contributed by atoms with Gasteiger partial charge in [0.1, 0.15) is 5.75 Å². The van der Waals surface area contributed by atoms with Gasteiger partial charge >= 0.3 is 0 Å². The van der Waals surface area contributed by atoms with Crippen molar-refractivity contribution in [3.63, 3.8) is 0 Å². The van der Waals surface area contributed by atoms with Crippen LogP contribution in [0.25, 0.3) is 0 Å². The third-order valence-electron chi connectivity index (χ3n) is 4.58. The molecule has 0 unspecified atom stereocenters. The Bertz CT molecular complexity index is 1220. The number of sulfonamides is 1. The lowest BCUT2D eigenvalue weighted by molar-refractivity contribution is -0.116. The van der Waals surface area contributed by atoms with E-state index in [9.17, 15) is 13.2 Å². The summed E-state index contributed by atoms with van der Waals surface area (Å²) in [5.41, 5.74) is 0.960. The maximum absolute atomic E-state index is 13.4. The molecule has 6 nitrogen and oxygen atoms in total. The van der Waals surface area contributed by atoms with E-state index in [0.717, 1.165) is 9.87 Å². The second-order valence-electron chi connectivity index (χ2n) is 6.96. The van der Waals surface area contributed by atoms with Gasteiger partial charge in [-0.05, 0) is 48.9 Å². The first-order chi connectivity index (χ1) is 15.7. The second-order valence-corrected chi connectivity index (χ2v) is 10.1. The molecule has 0 bridgehead atoms. The predicted octanol–water partition coefficient (Wildman–Crippen LogP) is 5.88. The summed E-state index contributed by atoms with van der Waals surface area (Å²) < 4.78 is 33.3. The summed E-state index contributed by atoms with van der Waals surface area (Å²) in [4.78, 5) is 12.9. The fraction of sp³-hybridized carbons (Fsp3) is 0.174. The van der Waals surface area contributed by atoms with Crippen LogP contribution in [0.2, 0.25) is 15.1 Å². The summed E-state index contributed by atoms with van der Waals surface area (Å²) in [7, 11) is -4.01. The van der Waals surface area contributed by atoms with E-state index in [1.165, 1.54) is 24.3 Å². The quantitative estimate of drug-likeness (QED) is 0.353. The Labute approximate surface area is 208 Å². The summed E-state index contributed by atoms with van der Waals surface area (Å²) in [6.07, 6.45) is 0. The number of rotatable bonds is 9. The molecule has 0 aliphatic carbocycles. The molecule has 0 fully saturated rings. The van der Waals surface area contributed by atoms with Crippen molar-refractivity contribution in [2.75, 3.05) is 18.5 Å². The molecule has 0 saturated heterocycles. The first-order valence-electron chi connectivity index (χ1n) is 9.92. The van der Waals surface area contributed by atoms with Crippen LogP contribution in [-0.4, -0.2) is 31.8 Å². The van der Waals surface area contributed by atoms with Gasteiger partial charge in [-0.3, -0.25) is 4.79 Å². The summed E-state index contributed by atoms with van der Waals surface area (Å²) in [6.45, 7) is 1.86. The highest BCUT2D eigenvalue weighted by Gasteiger charge is 2.27. The highest BCUT2D eigenvalue weighted by Crippen LogP contribution is 2.32. The maximum atomic E-state index is 13.4. The number of benzene rings is 3. The molecule has 0 saturated carbocycles. The zero-order valence-corrected chi connectivity index (χ0v) is 20.7. The number of halogens is 3. The fourth-order valence-electron chi connectivity index (χ4n) is 3.00. The molecule has 0 spiro atoms. The van der Waals surface area contributed by atoms with E-state index in [1.54, 1.807) is 36.4 Å². The van der Waals surface area contributed by atoms with Crippen molar-refractivity contribution in [3.8, 4) is 5.75 Å². The molecule has 3 aromatic rings. The smallest absolute Gasteiger partial charge is 0.243 e. The zero-order chi connectivity index (χ0) is 24.0. The molecule has 0 radical (unpaired) electrons. The molecule has 1 N–H and O–H groups in total. The Morgan fingerprint density at radius 3 is 2.21 bits per heavy atom. The monoisotopic (exact) mass is 526 g/mol. The molecule has 10 heteroatoms. The van der Waals surface area contributed by atoms with Gasteiger partial charge in [-0.25, -0.2) is 8.42 Å². The summed E-state index contributed by atoms with van der Waals surface area (Å²) in [5.74, 6) is -0.0289. The topological polar surface area (TPSA) is 75.7 Å². The average Bonchev–Trinajstić information content (AvgIpc) is 2.78. The SMILES string of the molecule is CCOc1ccc(S(=O)(=O)N(CC(=O)Nc2cc(Cl)c(Cl)cc2Cl)Cc2ccccc2)cc1. The highest BCUT2D eigenvalue weighted by molar-refractivity contribution is 7.89. The number of nitrogens with zero attached hydrogens (tertiary/aromatic N) is 1. The number of nitrogens with one attached hydrogen (secondary N) is 1. The molecule has 0 aliphatic heterocycles. The Kier molecular flexibility index (Phi) is 8.62. The van der Waals surface area contributed by atoms with Crippen LogP contribution < -0.4 is 10.1 Å². The van der Waals surface area contributed by atoms with Crippen molar-refractivity contribution in [1.29, 1.82) is 0 Å².